The van der Waals surface area contributed by atoms with Gasteiger partial charge in [-0.1, -0.05) is 32.6 Å². The molecule has 1 atom stereocenters. The van der Waals surface area contributed by atoms with Crippen molar-refractivity contribution in [2.75, 3.05) is 13.7 Å². The van der Waals surface area contributed by atoms with Crippen LogP contribution in [0.25, 0.3) is 0 Å². The molecule has 4 nitrogen and oxygen atoms in total. The Hall–Kier alpha value is -0.770. The van der Waals surface area contributed by atoms with E-state index in [1.807, 2.05) is 0 Å². The molecule has 3 N–H and O–H groups in total. The van der Waals surface area contributed by atoms with Crippen molar-refractivity contribution in [1.82, 2.24) is 5.32 Å². The Kier molecular flexibility index (Phi) is 7.01. The van der Waals surface area contributed by atoms with Crippen LogP contribution in [0.4, 0.5) is 0 Å². The predicted octanol–water partition coefficient (Wildman–Crippen LogP) is 2.04. The molecule has 1 saturated carbocycles. The zero-order valence-electron chi connectivity index (χ0n) is 11.2. The molecule has 1 aliphatic carbocycles. The van der Waals surface area contributed by atoms with E-state index in [-0.39, 0.29) is 6.04 Å². The van der Waals surface area contributed by atoms with Crippen LogP contribution in [0.2, 0.25) is 0 Å². The fraction of sp³-hybridized carbons (Fsp3) is 0.923. The van der Waals surface area contributed by atoms with Crippen molar-refractivity contribution in [3.63, 3.8) is 0 Å². The standard InChI is InChI=1S/C13H27N3O/c1-3-7-12(10-17-2)16-13(14)15-11-8-5-4-6-9-11/h11-12H,3-10H2,1-2H3,(H3,14,15,16). The predicted molar refractivity (Wildman–Crippen MR) is 72.2 cm³/mol. The maximum absolute atomic E-state index is 5.95. The molecule has 0 aromatic carbocycles. The number of aliphatic imine (C=N–C) groups is 1. The Labute approximate surface area is 105 Å². The molecule has 0 aromatic heterocycles. The third-order valence-electron chi connectivity index (χ3n) is 3.25. The minimum atomic E-state index is 0.289. The van der Waals surface area contributed by atoms with Crippen molar-refractivity contribution in [3.8, 4) is 0 Å². The van der Waals surface area contributed by atoms with Gasteiger partial charge in [0.2, 0.25) is 0 Å². The van der Waals surface area contributed by atoms with E-state index < -0.39 is 0 Å². The number of rotatable bonds is 6. The third kappa shape index (κ3) is 5.91. The van der Waals surface area contributed by atoms with Gasteiger partial charge >= 0.3 is 0 Å². The van der Waals surface area contributed by atoms with Gasteiger partial charge in [0, 0.05) is 7.11 Å². The highest BCUT2D eigenvalue weighted by Crippen LogP contribution is 2.19. The normalized spacial score (nSPS) is 20.2. The maximum atomic E-state index is 5.95. The number of nitrogens with zero attached hydrogens (tertiary/aromatic N) is 1. The number of hydrogen-bond acceptors (Lipinski definition) is 2. The Morgan fingerprint density at radius 1 is 1.41 bits per heavy atom. The molecule has 0 bridgehead atoms. The van der Waals surface area contributed by atoms with Crippen LogP contribution in [0.5, 0.6) is 0 Å². The minimum Gasteiger partial charge on any atom is -0.383 e. The van der Waals surface area contributed by atoms with Crippen molar-refractivity contribution in [2.24, 2.45) is 10.7 Å². The van der Waals surface area contributed by atoms with Gasteiger partial charge in [-0.15, -0.1) is 0 Å². The van der Waals surface area contributed by atoms with Gasteiger partial charge in [0.1, 0.15) is 0 Å². The molecule has 0 saturated heterocycles. The number of methoxy groups -OCH3 is 1. The van der Waals surface area contributed by atoms with E-state index in [1.165, 1.54) is 32.1 Å². The van der Waals surface area contributed by atoms with Gasteiger partial charge in [-0.05, 0) is 19.3 Å². The van der Waals surface area contributed by atoms with Crippen molar-refractivity contribution in [3.05, 3.63) is 0 Å². The monoisotopic (exact) mass is 241 g/mol. The number of ether oxygens (including phenoxy) is 1. The number of nitrogens with two attached hydrogens (primary N) is 1. The quantitative estimate of drug-likeness (QED) is 0.552. The largest absolute Gasteiger partial charge is 0.383 e. The summed E-state index contributed by atoms with van der Waals surface area (Å²) in [5, 5.41) is 3.27. The highest BCUT2D eigenvalue weighted by atomic mass is 16.5. The van der Waals surface area contributed by atoms with Crippen molar-refractivity contribution in [1.29, 1.82) is 0 Å². The first-order valence-corrected chi connectivity index (χ1v) is 6.85. The molecule has 17 heavy (non-hydrogen) atoms. The average Bonchev–Trinajstić information content (AvgIpc) is 2.30. The summed E-state index contributed by atoms with van der Waals surface area (Å²) >= 11 is 0. The van der Waals surface area contributed by atoms with Crippen LogP contribution in [-0.2, 0) is 4.74 Å². The molecule has 1 fully saturated rings. The minimum absolute atomic E-state index is 0.289. The molecule has 4 heteroatoms. The van der Waals surface area contributed by atoms with Gasteiger partial charge in [0.25, 0.3) is 0 Å². The summed E-state index contributed by atoms with van der Waals surface area (Å²) in [4.78, 5) is 4.57. The van der Waals surface area contributed by atoms with Gasteiger partial charge in [0.15, 0.2) is 5.96 Å². The van der Waals surface area contributed by atoms with Crippen LogP contribution in [0, 0.1) is 0 Å². The zero-order valence-corrected chi connectivity index (χ0v) is 11.2. The van der Waals surface area contributed by atoms with E-state index in [9.17, 15) is 0 Å². The Morgan fingerprint density at radius 3 is 2.71 bits per heavy atom. The summed E-state index contributed by atoms with van der Waals surface area (Å²) in [5.74, 6) is 0.590. The number of hydrogen-bond donors (Lipinski definition) is 2. The van der Waals surface area contributed by atoms with Gasteiger partial charge in [0.05, 0.1) is 18.7 Å². The second-order valence-electron chi connectivity index (χ2n) is 4.89. The molecular weight excluding hydrogens is 214 g/mol. The smallest absolute Gasteiger partial charge is 0.189 e. The fourth-order valence-electron chi connectivity index (χ4n) is 2.40. The number of nitrogens with one attached hydrogen (secondary N) is 1. The molecule has 0 heterocycles. The summed E-state index contributed by atoms with van der Waals surface area (Å²) in [6.07, 6.45) is 8.49. The Morgan fingerprint density at radius 2 is 2.12 bits per heavy atom. The lowest BCUT2D eigenvalue weighted by Gasteiger charge is -2.21. The first kappa shape index (κ1) is 14.3. The third-order valence-corrected chi connectivity index (χ3v) is 3.25. The van der Waals surface area contributed by atoms with Crippen molar-refractivity contribution >= 4 is 5.96 Å². The Balaban J connectivity index is 2.38. The second-order valence-corrected chi connectivity index (χ2v) is 4.89. The van der Waals surface area contributed by atoms with Gasteiger partial charge < -0.3 is 15.8 Å². The molecular formula is C13H27N3O. The van der Waals surface area contributed by atoms with Gasteiger partial charge in [-0.3, -0.25) is 4.99 Å². The highest BCUT2D eigenvalue weighted by Gasteiger charge is 2.13. The average molecular weight is 241 g/mol. The van der Waals surface area contributed by atoms with E-state index in [2.05, 4.69) is 17.2 Å². The first-order valence-electron chi connectivity index (χ1n) is 6.85. The van der Waals surface area contributed by atoms with E-state index in [4.69, 9.17) is 10.5 Å². The van der Waals surface area contributed by atoms with E-state index in [1.54, 1.807) is 7.11 Å². The molecule has 1 unspecified atom stereocenters. The van der Waals surface area contributed by atoms with E-state index >= 15 is 0 Å². The molecule has 100 valence electrons. The van der Waals surface area contributed by atoms with Crippen LogP contribution in [-0.4, -0.2) is 31.8 Å². The molecule has 0 aromatic rings. The summed E-state index contributed by atoms with van der Waals surface area (Å²) in [7, 11) is 1.72. The van der Waals surface area contributed by atoms with Crippen molar-refractivity contribution in [2.45, 2.75) is 64.0 Å². The number of guanidine groups is 1. The highest BCUT2D eigenvalue weighted by molar-refractivity contribution is 5.78. The topological polar surface area (TPSA) is 59.6 Å². The molecule has 1 aliphatic rings. The van der Waals surface area contributed by atoms with Crippen LogP contribution in [0.3, 0.4) is 0 Å². The summed E-state index contributed by atoms with van der Waals surface area (Å²) < 4.78 is 5.17. The zero-order chi connectivity index (χ0) is 12.5. The lowest BCUT2D eigenvalue weighted by Crippen LogP contribution is -2.43. The molecule has 0 aliphatic heterocycles. The van der Waals surface area contributed by atoms with Gasteiger partial charge in [-0.25, -0.2) is 0 Å². The fourth-order valence-corrected chi connectivity index (χ4v) is 2.40. The SMILES string of the molecule is CCCC(COC)NC(N)=NC1CCCCC1. The summed E-state index contributed by atoms with van der Waals surface area (Å²) in [5.41, 5.74) is 5.95. The van der Waals surface area contributed by atoms with Crippen molar-refractivity contribution < 1.29 is 4.74 Å². The molecule has 0 radical (unpaired) electrons. The van der Waals surface area contributed by atoms with E-state index in [0.29, 0.717) is 18.6 Å². The van der Waals surface area contributed by atoms with Crippen LogP contribution >= 0.6 is 0 Å². The Bertz CT molecular complexity index is 219. The first-order chi connectivity index (χ1) is 8.26. The lowest BCUT2D eigenvalue weighted by atomic mass is 9.96. The summed E-state index contributed by atoms with van der Waals surface area (Å²) in [6.45, 7) is 2.85. The molecule has 1 rings (SSSR count). The lowest BCUT2D eigenvalue weighted by molar-refractivity contribution is 0.169. The van der Waals surface area contributed by atoms with Crippen LogP contribution in [0.1, 0.15) is 51.9 Å². The maximum Gasteiger partial charge on any atom is 0.189 e. The van der Waals surface area contributed by atoms with Crippen LogP contribution < -0.4 is 11.1 Å². The molecule has 0 spiro atoms. The second kappa shape index (κ2) is 8.34. The van der Waals surface area contributed by atoms with Crippen LogP contribution in [0.15, 0.2) is 4.99 Å². The molecule has 0 amide bonds. The summed E-state index contributed by atoms with van der Waals surface area (Å²) in [6, 6.07) is 0.721. The van der Waals surface area contributed by atoms with E-state index in [0.717, 1.165) is 12.8 Å². The van der Waals surface area contributed by atoms with Gasteiger partial charge in [-0.2, -0.15) is 0 Å².